The van der Waals surface area contributed by atoms with E-state index in [4.69, 9.17) is 5.11 Å². The van der Waals surface area contributed by atoms with Crippen LogP contribution in [0.3, 0.4) is 0 Å². The molecule has 0 heterocycles. The monoisotopic (exact) mass is 296 g/mol. The van der Waals surface area contributed by atoms with Crippen LogP contribution in [0.5, 0.6) is 0 Å². The van der Waals surface area contributed by atoms with Gasteiger partial charge in [0.25, 0.3) is 0 Å². The van der Waals surface area contributed by atoms with E-state index in [1.807, 2.05) is 0 Å². The highest BCUT2D eigenvalue weighted by molar-refractivity contribution is 5.78. The van der Waals surface area contributed by atoms with Gasteiger partial charge in [0.15, 0.2) is 0 Å². The summed E-state index contributed by atoms with van der Waals surface area (Å²) in [5, 5.41) is 14.2. The van der Waals surface area contributed by atoms with Crippen LogP contribution in [-0.2, 0) is 4.79 Å². The molecule has 0 aromatic heterocycles. The summed E-state index contributed by atoms with van der Waals surface area (Å²) in [6.07, 6.45) is 0.394. The number of hydrogen-bond donors (Lipinski definition) is 3. The lowest BCUT2D eigenvalue weighted by Gasteiger charge is -2.24. The third-order valence-electron chi connectivity index (χ3n) is 3.66. The Morgan fingerprint density at radius 3 is 2.52 bits per heavy atom. The number of carboxylic acids is 1. The van der Waals surface area contributed by atoms with E-state index in [0.29, 0.717) is 12.0 Å². The normalized spacial score (nSPS) is 14.9. The maximum atomic E-state index is 13.6. The smallest absolute Gasteiger partial charge is 0.315 e. The van der Waals surface area contributed by atoms with Gasteiger partial charge in [-0.05, 0) is 26.3 Å². The summed E-state index contributed by atoms with van der Waals surface area (Å²) < 4.78 is 13.6. The van der Waals surface area contributed by atoms with Crippen molar-refractivity contribution in [2.24, 2.45) is 5.41 Å². The molecule has 6 heteroatoms. The van der Waals surface area contributed by atoms with Crippen LogP contribution in [0.2, 0.25) is 0 Å². The van der Waals surface area contributed by atoms with E-state index in [0.717, 1.165) is 0 Å². The number of benzene rings is 1. The number of rotatable bonds is 6. The Morgan fingerprint density at radius 2 is 2.00 bits per heavy atom. The fraction of sp³-hybridized carbons (Fsp3) is 0.467. The molecule has 0 radical (unpaired) electrons. The molecule has 0 bridgehead atoms. The first-order chi connectivity index (χ1) is 9.80. The average Bonchev–Trinajstić information content (AvgIpc) is 2.44. The molecular weight excluding hydrogens is 275 g/mol. The van der Waals surface area contributed by atoms with Crippen molar-refractivity contribution < 1.29 is 19.1 Å². The van der Waals surface area contributed by atoms with Crippen molar-refractivity contribution in [1.29, 1.82) is 0 Å². The number of carboxylic acid groups (broad SMARTS) is 1. The molecule has 0 aliphatic rings. The van der Waals surface area contributed by atoms with Gasteiger partial charge in [-0.15, -0.1) is 0 Å². The van der Waals surface area contributed by atoms with Crippen LogP contribution >= 0.6 is 0 Å². The van der Waals surface area contributed by atoms with Gasteiger partial charge in [-0.25, -0.2) is 9.18 Å². The molecule has 5 nitrogen and oxygen atoms in total. The van der Waals surface area contributed by atoms with E-state index in [1.54, 1.807) is 39.0 Å². The number of hydrogen-bond acceptors (Lipinski definition) is 2. The lowest BCUT2D eigenvalue weighted by atomic mass is 9.88. The number of halogens is 1. The zero-order valence-corrected chi connectivity index (χ0v) is 12.4. The molecule has 116 valence electrons. The van der Waals surface area contributed by atoms with Gasteiger partial charge in [0, 0.05) is 12.1 Å². The topological polar surface area (TPSA) is 78.4 Å². The van der Waals surface area contributed by atoms with Crippen LogP contribution in [0.4, 0.5) is 9.18 Å². The van der Waals surface area contributed by atoms with Crippen molar-refractivity contribution >= 4 is 12.0 Å². The van der Waals surface area contributed by atoms with Gasteiger partial charge in [0.2, 0.25) is 0 Å². The first-order valence-corrected chi connectivity index (χ1v) is 6.82. The molecule has 1 aromatic carbocycles. The minimum atomic E-state index is -1.02. The van der Waals surface area contributed by atoms with E-state index >= 15 is 0 Å². The number of amides is 2. The van der Waals surface area contributed by atoms with Crippen LogP contribution in [0.15, 0.2) is 24.3 Å². The maximum absolute atomic E-state index is 13.6. The Morgan fingerprint density at radius 1 is 1.38 bits per heavy atom. The molecule has 21 heavy (non-hydrogen) atoms. The average molecular weight is 296 g/mol. The molecule has 0 spiro atoms. The highest BCUT2D eigenvalue weighted by atomic mass is 19.1. The Bertz CT molecular complexity index is 521. The van der Waals surface area contributed by atoms with E-state index in [1.165, 1.54) is 6.07 Å². The van der Waals surface area contributed by atoms with Crippen LogP contribution in [-0.4, -0.2) is 23.7 Å². The Balaban J connectivity index is 2.58. The third-order valence-corrected chi connectivity index (χ3v) is 3.66. The van der Waals surface area contributed by atoms with Gasteiger partial charge in [-0.3, -0.25) is 4.79 Å². The van der Waals surface area contributed by atoms with Crippen LogP contribution in [0, 0.1) is 11.2 Å². The molecule has 0 fully saturated rings. The molecule has 0 saturated heterocycles. The number of carbonyl (C=O) groups excluding carboxylic acids is 1. The maximum Gasteiger partial charge on any atom is 0.315 e. The molecule has 2 atom stereocenters. The predicted octanol–water partition coefficient (Wildman–Crippen LogP) is 2.69. The predicted molar refractivity (Wildman–Crippen MR) is 77.4 cm³/mol. The van der Waals surface area contributed by atoms with Crippen LogP contribution in [0.1, 0.15) is 38.8 Å². The summed E-state index contributed by atoms with van der Waals surface area (Å²) in [6, 6.07) is 5.14. The van der Waals surface area contributed by atoms with E-state index in [2.05, 4.69) is 10.6 Å². The summed E-state index contributed by atoms with van der Waals surface area (Å²) >= 11 is 0. The van der Waals surface area contributed by atoms with Gasteiger partial charge in [-0.1, -0.05) is 25.1 Å². The molecule has 3 N–H and O–H groups in total. The minimum absolute atomic E-state index is 0.00859. The Kier molecular flexibility index (Phi) is 5.69. The fourth-order valence-corrected chi connectivity index (χ4v) is 1.78. The molecular formula is C15H21FN2O3. The van der Waals surface area contributed by atoms with E-state index in [-0.39, 0.29) is 6.54 Å². The lowest BCUT2D eigenvalue weighted by molar-refractivity contribution is -0.147. The second kappa shape index (κ2) is 7.06. The second-order valence-corrected chi connectivity index (χ2v) is 5.29. The molecule has 2 unspecified atom stereocenters. The number of urea groups is 1. The van der Waals surface area contributed by atoms with Gasteiger partial charge in [0.1, 0.15) is 5.82 Å². The summed E-state index contributed by atoms with van der Waals surface area (Å²) in [5.41, 5.74) is -0.636. The third kappa shape index (κ3) is 4.44. The Labute approximate surface area is 123 Å². The summed E-state index contributed by atoms with van der Waals surface area (Å²) in [7, 11) is 0. The largest absolute Gasteiger partial charge is 0.481 e. The standard InChI is InChI=1S/C15H21FN2O3/c1-4-15(3,13(19)20)9-17-14(21)18-10(2)11-7-5-6-8-12(11)16/h5-8,10H,4,9H2,1-3H3,(H,19,20)(H2,17,18,21). The number of carbonyl (C=O) groups is 2. The molecule has 0 aliphatic heterocycles. The van der Waals surface area contributed by atoms with Crippen molar-refractivity contribution in [3.05, 3.63) is 35.6 Å². The van der Waals surface area contributed by atoms with Gasteiger partial charge >= 0.3 is 12.0 Å². The summed E-state index contributed by atoms with van der Waals surface area (Å²) in [4.78, 5) is 22.9. The number of aliphatic carboxylic acids is 1. The highest BCUT2D eigenvalue weighted by Crippen LogP contribution is 2.20. The molecule has 1 aromatic rings. The quantitative estimate of drug-likeness (QED) is 0.755. The fourth-order valence-electron chi connectivity index (χ4n) is 1.78. The van der Waals surface area contributed by atoms with Crippen molar-refractivity contribution in [2.45, 2.75) is 33.2 Å². The SMILES string of the molecule is CCC(C)(CNC(=O)NC(C)c1ccccc1F)C(=O)O. The molecule has 1 rings (SSSR count). The van der Waals surface area contributed by atoms with Crippen molar-refractivity contribution in [3.63, 3.8) is 0 Å². The lowest BCUT2D eigenvalue weighted by Crippen LogP contribution is -2.45. The zero-order valence-electron chi connectivity index (χ0n) is 12.4. The number of nitrogens with one attached hydrogen (secondary N) is 2. The van der Waals surface area contributed by atoms with Gasteiger partial charge in [-0.2, -0.15) is 0 Å². The van der Waals surface area contributed by atoms with Crippen LogP contribution < -0.4 is 10.6 Å². The van der Waals surface area contributed by atoms with Crippen molar-refractivity contribution in [3.8, 4) is 0 Å². The molecule has 2 amide bonds. The van der Waals surface area contributed by atoms with Crippen LogP contribution in [0.25, 0.3) is 0 Å². The second-order valence-electron chi connectivity index (χ2n) is 5.29. The molecule has 0 aliphatic carbocycles. The molecule has 0 saturated carbocycles. The summed E-state index contributed by atoms with van der Waals surface area (Å²) in [6.45, 7) is 4.98. The minimum Gasteiger partial charge on any atom is -0.481 e. The Hall–Kier alpha value is -2.11. The highest BCUT2D eigenvalue weighted by Gasteiger charge is 2.31. The van der Waals surface area contributed by atoms with E-state index in [9.17, 15) is 14.0 Å². The summed E-state index contributed by atoms with van der Waals surface area (Å²) in [5.74, 6) is -1.36. The zero-order chi connectivity index (χ0) is 16.0. The van der Waals surface area contributed by atoms with E-state index < -0.39 is 29.3 Å². The van der Waals surface area contributed by atoms with Gasteiger partial charge in [0.05, 0.1) is 11.5 Å². The van der Waals surface area contributed by atoms with Crippen molar-refractivity contribution in [1.82, 2.24) is 10.6 Å². The first kappa shape index (κ1) is 16.9. The first-order valence-electron chi connectivity index (χ1n) is 6.82. The van der Waals surface area contributed by atoms with Gasteiger partial charge < -0.3 is 15.7 Å². The van der Waals surface area contributed by atoms with Crippen molar-refractivity contribution in [2.75, 3.05) is 6.54 Å².